The third-order valence-electron chi connectivity index (χ3n) is 3.24. The molecule has 1 heterocycles. The standard InChI is InChI=1S/C12H20F3NO3/c1-10(2,3)19-7-6-16-5-4-11(8-16,9(17)18)12(13,14)15/h4-8H2,1-3H3,(H,17,18). The monoisotopic (exact) mass is 283 g/mol. The molecule has 0 aromatic carbocycles. The zero-order valence-electron chi connectivity index (χ0n) is 11.4. The number of hydrogen-bond acceptors (Lipinski definition) is 3. The molecule has 0 radical (unpaired) electrons. The van der Waals surface area contributed by atoms with E-state index in [1.165, 1.54) is 4.90 Å². The lowest BCUT2D eigenvalue weighted by Crippen LogP contribution is -2.47. The van der Waals surface area contributed by atoms with E-state index in [0.717, 1.165) is 0 Å². The first-order valence-corrected chi connectivity index (χ1v) is 6.14. The molecule has 0 saturated carbocycles. The van der Waals surface area contributed by atoms with Crippen molar-refractivity contribution in [3.05, 3.63) is 0 Å². The molecule has 0 aromatic heterocycles. The average molecular weight is 283 g/mol. The first kappa shape index (κ1) is 16.2. The zero-order valence-corrected chi connectivity index (χ0v) is 11.4. The van der Waals surface area contributed by atoms with Gasteiger partial charge in [0, 0.05) is 13.1 Å². The molecule has 1 saturated heterocycles. The van der Waals surface area contributed by atoms with E-state index in [4.69, 9.17) is 9.84 Å². The van der Waals surface area contributed by atoms with Crippen molar-refractivity contribution in [2.75, 3.05) is 26.2 Å². The summed E-state index contributed by atoms with van der Waals surface area (Å²) in [6, 6.07) is 0. The second-order valence-electron chi connectivity index (χ2n) is 5.87. The lowest BCUT2D eigenvalue weighted by molar-refractivity contribution is -0.227. The lowest BCUT2D eigenvalue weighted by atomic mass is 9.86. The number of nitrogens with zero attached hydrogens (tertiary/aromatic N) is 1. The largest absolute Gasteiger partial charge is 0.481 e. The SMILES string of the molecule is CC(C)(C)OCCN1CCC(C(=O)O)(C(F)(F)F)C1. The first-order valence-electron chi connectivity index (χ1n) is 6.14. The van der Waals surface area contributed by atoms with Crippen LogP contribution in [0.1, 0.15) is 27.2 Å². The molecule has 0 amide bonds. The predicted octanol–water partition coefficient (Wildman–Crippen LogP) is 2.14. The molecule has 1 unspecified atom stereocenters. The highest BCUT2D eigenvalue weighted by molar-refractivity contribution is 5.76. The fraction of sp³-hybridized carbons (Fsp3) is 0.917. The molecule has 1 atom stereocenters. The lowest BCUT2D eigenvalue weighted by Gasteiger charge is -2.28. The summed E-state index contributed by atoms with van der Waals surface area (Å²) in [5.41, 5.74) is -2.98. The van der Waals surface area contributed by atoms with Crippen molar-refractivity contribution in [3.8, 4) is 0 Å². The Hall–Kier alpha value is -0.820. The predicted molar refractivity (Wildman–Crippen MR) is 62.9 cm³/mol. The third-order valence-corrected chi connectivity index (χ3v) is 3.24. The number of likely N-dealkylation sites (tertiary alicyclic amines) is 1. The summed E-state index contributed by atoms with van der Waals surface area (Å²) in [4.78, 5) is 12.5. The fourth-order valence-corrected chi connectivity index (χ4v) is 2.09. The van der Waals surface area contributed by atoms with Gasteiger partial charge in [0.05, 0.1) is 12.2 Å². The number of halogens is 3. The van der Waals surface area contributed by atoms with Gasteiger partial charge in [0.2, 0.25) is 0 Å². The quantitative estimate of drug-likeness (QED) is 0.859. The molecular formula is C12H20F3NO3. The fourth-order valence-electron chi connectivity index (χ4n) is 2.09. The van der Waals surface area contributed by atoms with Gasteiger partial charge in [-0.15, -0.1) is 0 Å². The number of ether oxygens (including phenoxy) is 1. The minimum Gasteiger partial charge on any atom is -0.481 e. The molecule has 112 valence electrons. The molecule has 1 N–H and O–H groups in total. The highest BCUT2D eigenvalue weighted by Gasteiger charge is 2.63. The topological polar surface area (TPSA) is 49.8 Å². The van der Waals surface area contributed by atoms with Gasteiger partial charge in [0.25, 0.3) is 0 Å². The van der Waals surface area contributed by atoms with Crippen molar-refractivity contribution in [3.63, 3.8) is 0 Å². The zero-order chi connectivity index (χ0) is 14.9. The van der Waals surface area contributed by atoms with E-state index in [1.807, 2.05) is 20.8 Å². The Morgan fingerprint density at radius 1 is 1.37 bits per heavy atom. The summed E-state index contributed by atoms with van der Waals surface area (Å²) < 4.78 is 44.2. The van der Waals surface area contributed by atoms with Crippen LogP contribution in [0.3, 0.4) is 0 Å². The normalized spacial score (nSPS) is 25.8. The van der Waals surface area contributed by atoms with Gasteiger partial charge in [-0.3, -0.25) is 9.69 Å². The number of alkyl halides is 3. The van der Waals surface area contributed by atoms with Crippen molar-refractivity contribution in [2.24, 2.45) is 5.41 Å². The molecule has 19 heavy (non-hydrogen) atoms. The Morgan fingerprint density at radius 2 is 1.95 bits per heavy atom. The van der Waals surface area contributed by atoms with Gasteiger partial charge < -0.3 is 9.84 Å². The van der Waals surface area contributed by atoms with Crippen LogP contribution in [0.4, 0.5) is 13.2 Å². The number of carboxylic acid groups (broad SMARTS) is 1. The Morgan fingerprint density at radius 3 is 2.32 bits per heavy atom. The smallest absolute Gasteiger partial charge is 0.406 e. The maximum absolute atomic E-state index is 12.9. The summed E-state index contributed by atoms with van der Waals surface area (Å²) in [6.07, 6.45) is -5.13. The van der Waals surface area contributed by atoms with Gasteiger partial charge >= 0.3 is 12.1 Å². The molecule has 7 heteroatoms. The van der Waals surface area contributed by atoms with E-state index >= 15 is 0 Å². The first-order chi connectivity index (χ1) is 8.48. The number of aliphatic carboxylic acids is 1. The van der Waals surface area contributed by atoms with Crippen molar-refractivity contribution in [1.82, 2.24) is 4.90 Å². The average Bonchev–Trinajstić information content (AvgIpc) is 2.60. The molecule has 1 aliphatic heterocycles. The summed E-state index contributed by atoms with van der Waals surface area (Å²) in [5, 5.41) is 8.89. The Balaban J connectivity index is 2.59. The van der Waals surface area contributed by atoms with E-state index in [2.05, 4.69) is 0 Å². The van der Waals surface area contributed by atoms with Crippen LogP contribution in [0, 0.1) is 5.41 Å². The highest BCUT2D eigenvalue weighted by atomic mass is 19.4. The summed E-state index contributed by atoms with van der Waals surface area (Å²) in [7, 11) is 0. The molecule has 0 spiro atoms. The van der Waals surface area contributed by atoms with E-state index < -0.39 is 30.5 Å². The van der Waals surface area contributed by atoms with Crippen molar-refractivity contribution in [1.29, 1.82) is 0 Å². The van der Waals surface area contributed by atoms with E-state index in [-0.39, 0.29) is 18.8 Å². The molecule has 4 nitrogen and oxygen atoms in total. The maximum atomic E-state index is 12.9. The summed E-state index contributed by atoms with van der Waals surface area (Å²) in [5.74, 6) is -1.79. The Bertz CT molecular complexity index is 338. The van der Waals surface area contributed by atoms with Crippen LogP contribution in [-0.4, -0.2) is 54.0 Å². The van der Waals surface area contributed by atoms with Crippen molar-refractivity contribution in [2.45, 2.75) is 39.0 Å². The molecule has 1 rings (SSSR count). The van der Waals surface area contributed by atoms with Crippen molar-refractivity contribution < 1.29 is 27.8 Å². The summed E-state index contributed by atoms with van der Waals surface area (Å²) >= 11 is 0. The second kappa shape index (κ2) is 5.28. The minimum atomic E-state index is -4.72. The number of rotatable bonds is 4. The number of carbonyl (C=O) groups is 1. The van der Waals surface area contributed by atoms with Gasteiger partial charge in [-0.25, -0.2) is 0 Å². The van der Waals surface area contributed by atoms with E-state index in [9.17, 15) is 18.0 Å². The summed E-state index contributed by atoms with van der Waals surface area (Å²) in [6.45, 7) is 5.79. The molecule has 0 bridgehead atoms. The van der Waals surface area contributed by atoms with Gasteiger partial charge in [-0.05, 0) is 33.7 Å². The second-order valence-corrected chi connectivity index (χ2v) is 5.87. The number of carboxylic acids is 1. The third kappa shape index (κ3) is 3.82. The molecule has 0 aromatic rings. The van der Waals surface area contributed by atoms with Crippen LogP contribution in [0.2, 0.25) is 0 Å². The van der Waals surface area contributed by atoms with Crippen molar-refractivity contribution >= 4 is 5.97 Å². The van der Waals surface area contributed by atoms with Crippen LogP contribution in [0.15, 0.2) is 0 Å². The van der Waals surface area contributed by atoms with E-state index in [1.54, 1.807) is 0 Å². The van der Waals surface area contributed by atoms with E-state index in [0.29, 0.717) is 6.54 Å². The van der Waals surface area contributed by atoms with Gasteiger partial charge in [0.15, 0.2) is 5.41 Å². The molecule has 0 aliphatic carbocycles. The highest BCUT2D eigenvalue weighted by Crippen LogP contribution is 2.45. The van der Waals surface area contributed by atoms with Crippen LogP contribution in [0.5, 0.6) is 0 Å². The maximum Gasteiger partial charge on any atom is 0.406 e. The molecule has 1 aliphatic rings. The minimum absolute atomic E-state index is 0.124. The van der Waals surface area contributed by atoms with Crippen LogP contribution in [0.25, 0.3) is 0 Å². The molecule has 1 fully saturated rings. The van der Waals surface area contributed by atoms with Crippen LogP contribution >= 0.6 is 0 Å². The van der Waals surface area contributed by atoms with Gasteiger partial charge in [-0.2, -0.15) is 13.2 Å². The van der Waals surface area contributed by atoms with Gasteiger partial charge in [0.1, 0.15) is 0 Å². The Kier molecular flexibility index (Phi) is 4.51. The van der Waals surface area contributed by atoms with Gasteiger partial charge in [-0.1, -0.05) is 0 Å². The number of hydrogen-bond donors (Lipinski definition) is 1. The Labute approximate surface area is 110 Å². The van der Waals surface area contributed by atoms with Crippen LogP contribution < -0.4 is 0 Å². The molecular weight excluding hydrogens is 263 g/mol. The van der Waals surface area contributed by atoms with Crippen LogP contribution in [-0.2, 0) is 9.53 Å².